The minimum Gasteiger partial charge on any atom is -0.352 e. The zero-order valence-electron chi connectivity index (χ0n) is 10.0. The molecule has 1 fully saturated rings. The smallest absolute Gasteiger partial charge is 0.234 e. The fourth-order valence-corrected chi connectivity index (χ4v) is 2.31. The van der Waals surface area contributed by atoms with E-state index >= 15 is 0 Å². The Balaban J connectivity index is 2.22. The van der Waals surface area contributed by atoms with Gasteiger partial charge in [-0.15, -0.1) is 0 Å². The summed E-state index contributed by atoms with van der Waals surface area (Å²) in [5.74, 6) is 0.974. The van der Waals surface area contributed by atoms with Crippen LogP contribution in [0, 0.1) is 5.92 Å². The van der Waals surface area contributed by atoms with Gasteiger partial charge in [0.1, 0.15) is 0 Å². The molecule has 1 aliphatic rings. The van der Waals surface area contributed by atoms with Crippen LogP contribution in [-0.2, 0) is 4.79 Å². The maximum Gasteiger partial charge on any atom is 0.234 e. The Hall–Kier alpha value is -0.570. The summed E-state index contributed by atoms with van der Waals surface area (Å²) < 4.78 is 0. The van der Waals surface area contributed by atoms with Gasteiger partial charge in [-0.05, 0) is 25.3 Å². The van der Waals surface area contributed by atoms with E-state index in [4.69, 9.17) is 0 Å². The summed E-state index contributed by atoms with van der Waals surface area (Å²) in [5, 5.41) is 6.17. The Labute approximate surface area is 93.0 Å². The van der Waals surface area contributed by atoms with Gasteiger partial charge in [-0.25, -0.2) is 0 Å². The molecule has 0 aromatic rings. The topological polar surface area (TPSA) is 41.1 Å². The Morgan fingerprint density at radius 1 is 1.33 bits per heavy atom. The van der Waals surface area contributed by atoms with Crippen LogP contribution in [0.25, 0.3) is 0 Å². The second kappa shape index (κ2) is 6.83. The van der Waals surface area contributed by atoms with Gasteiger partial charge >= 0.3 is 0 Å². The lowest BCUT2D eigenvalue weighted by molar-refractivity contribution is -0.121. The largest absolute Gasteiger partial charge is 0.352 e. The quantitative estimate of drug-likeness (QED) is 0.728. The van der Waals surface area contributed by atoms with E-state index in [0.29, 0.717) is 12.6 Å². The predicted molar refractivity (Wildman–Crippen MR) is 62.7 cm³/mol. The van der Waals surface area contributed by atoms with E-state index in [2.05, 4.69) is 17.6 Å². The second-order valence-electron chi connectivity index (χ2n) is 4.49. The summed E-state index contributed by atoms with van der Waals surface area (Å²) in [5.41, 5.74) is 0. The van der Waals surface area contributed by atoms with Crippen LogP contribution >= 0.6 is 0 Å². The lowest BCUT2D eigenvalue weighted by atomic mass is 9.84. The standard InChI is InChI=1S/C12H24N2O/c1-3-10-6-5-7-11(8-10)14-12(15)9-13-4-2/h10-11,13H,3-9H2,1-2H3,(H,14,15). The molecule has 2 unspecified atom stereocenters. The number of carbonyl (C=O) groups excluding carboxylic acids is 1. The first-order valence-electron chi connectivity index (χ1n) is 6.26. The van der Waals surface area contributed by atoms with Crippen molar-refractivity contribution in [2.75, 3.05) is 13.1 Å². The molecule has 0 saturated heterocycles. The van der Waals surface area contributed by atoms with Gasteiger partial charge in [-0.1, -0.05) is 33.1 Å². The van der Waals surface area contributed by atoms with E-state index < -0.39 is 0 Å². The van der Waals surface area contributed by atoms with E-state index in [1.165, 1.54) is 25.7 Å². The minimum atomic E-state index is 0.151. The van der Waals surface area contributed by atoms with Crippen molar-refractivity contribution in [2.45, 2.75) is 52.0 Å². The van der Waals surface area contributed by atoms with E-state index in [9.17, 15) is 4.79 Å². The van der Waals surface area contributed by atoms with E-state index in [-0.39, 0.29) is 5.91 Å². The fourth-order valence-electron chi connectivity index (χ4n) is 2.31. The molecule has 1 aliphatic carbocycles. The first kappa shape index (κ1) is 12.5. The van der Waals surface area contributed by atoms with E-state index in [0.717, 1.165) is 18.9 Å². The zero-order chi connectivity index (χ0) is 11.1. The summed E-state index contributed by atoms with van der Waals surface area (Å²) in [6.07, 6.45) is 6.20. The van der Waals surface area contributed by atoms with Crippen LogP contribution in [0.5, 0.6) is 0 Å². The Morgan fingerprint density at radius 3 is 2.80 bits per heavy atom. The molecule has 0 bridgehead atoms. The molecular formula is C12H24N2O. The maximum absolute atomic E-state index is 11.5. The van der Waals surface area contributed by atoms with E-state index in [1.54, 1.807) is 0 Å². The maximum atomic E-state index is 11.5. The third kappa shape index (κ3) is 4.65. The molecule has 0 aromatic heterocycles. The van der Waals surface area contributed by atoms with Gasteiger partial charge < -0.3 is 10.6 Å². The lowest BCUT2D eigenvalue weighted by Gasteiger charge is -2.29. The number of nitrogens with one attached hydrogen (secondary N) is 2. The fraction of sp³-hybridized carbons (Fsp3) is 0.917. The average Bonchev–Trinajstić information content (AvgIpc) is 2.26. The average molecular weight is 212 g/mol. The van der Waals surface area contributed by atoms with Crippen molar-refractivity contribution < 1.29 is 4.79 Å². The summed E-state index contributed by atoms with van der Waals surface area (Å²) >= 11 is 0. The first-order valence-corrected chi connectivity index (χ1v) is 6.26. The Bertz CT molecular complexity index is 194. The molecule has 0 radical (unpaired) electrons. The van der Waals surface area contributed by atoms with Crippen LogP contribution in [0.3, 0.4) is 0 Å². The third-order valence-corrected chi connectivity index (χ3v) is 3.26. The lowest BCUT2D eigenvalue weighted by Crippen LogP contribution is -2.42. The van der Waals surface area contributed by atoms with Crippen LogP contribution in [0.1, 0.15) is 46.0 Å². The van der Waals surface area contributed by atoms with Crippen molar-refractivity contribution in [2.24, 2.45) is 5.92 Å². The normalized spacial score (nSPS) is 26.3. The van der Waals surface area contributed by atoms with Crippen LogP contribution in [0.15, 0.2) is 0 Å². The number of rotatable bonds is 5. The van der Waals surface area contributed by atoms with Gasteiger partial charge in [-0.3, -0.25) is 4.79 Å². The highest BCUT2D eigenvalue weighted by molar-refractivity contribution is 5.78. The number of amides is 1. The Morgan fingerprint density at radius 2 is 2.13 bits per heavy atom. The van der Waals surface area contributed by atoms with Crippen LogP contribution in [0.2, 0.25) is 0 Å². The van der Waals surface area contributed by atoms with Crippen molar-refractivity contribution in [1.82, 2.24) is 10.6 Å². The van der Waals surface area contributed by atoms with Gasteiger partial charge in [-0.2, -0.15) is 0 Å². The molecular weight excluding hydrogens is 188 g/mol. The number of carbonyl (C=O) groups is 1. The molecule has 1 amide bonds. The van der Waals surface area contributed by atoms with Gasteiger partial charge in [0, 0.05) is 6.04 Å². The molecule has 15 heavy (non-hydrogen) atoms. The number of hydrogen-bond donors (Lipinski definition) is 2. The molecule has 0 aliphatic heterocycles. The molecule has 3 heteroatoms. The third-order valence-electron chi connectivity index (χ3n) is 3.26. The molecule has 1 rings (SSSR count). The molecule has 2 atom stereocenters. The Kier molecular flexibility index (Phi) is 5.69. The second-order valence-corrected chi connectivity index (χ2v) is 4.49. The van der Waals surface area contributed by atoms with Crippen molar-refractivity contribution in [1.29, 1.82) is 0 Å². The molecule has 0 spiro atoms. The number of hydrogen-bond acceptors (Lipinski definition) is 2. The summed E-state index contributed by atoms with van der Waals surface area (Å²) in [7, 11) is 0. The molecule has 2 N–H and O–H groups in total. The molecule has 1 saturated carbocycles. The van der Waals surface area contributed by atoms with Gasteiger partial charge in [0.2, 0.25) is 5.91 Å². The number of likely N-dealkylation sites (N-methyl/N-ethyl adjacent to an activating group) is 1. The first-order chi connectivity index (χ1) is 7.26. The van der Waals surface area contributed by atoms with Crippen LogP contribution < -0.4 is 10.6 Å². The SMILES string of the molecule is CCNCC(=O)NC1CCCC(CC)C1. The van der Waals surface area contributed by atoms with Gasteiger partial charge in [0.25, 0.3) is 0 Å². The van der Waals surface area contributed by atoms with Crippen molar-refractivity contribution >= 4 is 5.91 Å². The predicted octanol–water partition coefficient (Wildman–Crippen LogP) is 1.68. The van der Waals surface area contributed by atoms with Crippen LogP contribution in [0.4, 0.5) is 0 Å². The van der Waals surface area contributed by atoms with Crippen molar-refractivity contribution in [3.8, 4) is 0 Å². The molecule has 0 heterocycles. The zero-order valence-corrected chi connectivity index (χ0v) is 10.0. The molecule has 88 valence electrons. The minimum absolute atomic E-state index is 0.151. The monoisotopic (exact) mass is 212 g/mol. The highest BCUT2D eigenvalue weighted by Crippen LogP contribution is 2.26. The van der Waals surface area contributed by atoms with Crippen molar-refractivity contribution in [3.05, 3.63) is 0 Å². The summed E-state index contributed by atoms with van der Waals surface area (Å²) in [6, 6.07) is 0.426. The van der Waals surface area contributed by atoms with Crippen LogP contribution in [-0.4, -0.2) is 25.0 Å². The summed E-state index contributed by atoms with van der Waals surface area (Å²) in [4.78, 5) is 11.5. The summed E-state index contributed by atoms with van der Waals surface area (Å²) in [6.45, 7) is 5.58. The molecule has 0 aromatic carbocycles. The van der Waals surface area contributed by atoms with Gasteiger partial charge in [0.05, 0.1) is 6.54 Å². The highest BCUT2D eigenvalue weighted by Gasteiger charge is 2.21. The van der Waals surface area contributed by atoms with Gasteiger partial charge in [0.15, 0.2) is 0 Å². The van der Waals surface area contributed by atoms with E-state index in [1.807, 2.05) is 6.92 Å². The van der Waals surface area contributed by atoms with Crippen molar-refractivity contribution in [3.63, 3.8) is 0 Å². The highest BCUT2D eigenvalue weighted by atomic mass is 16.1. The molecule has 3 nitrogen and oxygen atoms in total.